The molecule has 2 nitrogen and oxygen atoms in total. The Kier molecular flexibility index (Phi) is 4.97. The zero-order chi connectivity index (χ0) is 11.4. The van der Waals surface area contributed by atoms with E-state index in [1.165, 1.54) is 0 Å². The first-order valence-electron chi connectivity index (χ1n) is 4.70. The van der Waals surface area contributed by atoms with Crippen molar-refractivity contribution in [3.8, 4) is 0 Å². The second-order valence-corrected chi connectivity index (χ2v) is 5.13. The average molecular weight is 268 g/mol. The maximum absolute atomic E-state index is 5.97. The molecule has 0 saturated heterocycles. The molecular weight excluding hydrogens is 254 g/mol. The van der Waals surface area contributed by atoms with E-state index in [2.05, 4.69) is 10.3 Å². The first-order valence-corrected chi connectivity index (χ1v) is 5.90. The topological polar surface area (TPSA) is 24.9 Å². The molecule has 5 heteroatoms. The highest BCUT2D eigenvalue weighted by atomic mass is 35.5. The van der Waals surface area contributed by atoms with Crippen molar-refractivity contribution in [1.29, 1.82) is 0 Å². The lowest BCUT2D eigenvalue weighted by Crippen LogP contribution is -2.19. The number of hydrogen-bond acceptors (Lipinski definition) is 2. The van der Waals surface area contributed by atoms with Crippen molar-refractivity contribution in [2.45, 2.75) is 31.7 Å². The zero-order valence-corrected chi connectivity index (χ0v) is 10.9. The Balaban J connectivity index is 2.64. The van der Waals surface area contributed by atoms with Gasteiger partial charge in [0.1, 0.15) is 5.82 Å². The minimum absolute atomic E-state index is 0.124. The number of nitrogens with zero attached hydrogens (tertiary/aromatic N) is 1. The number of aromatic nitrogens is 1. The Morgan fingerprint density at radius 3 is 2.60 bits per heavy atom. The molecule has 0 bridgehead atoms. The van der Waals surface area contributed by atoms with Gasteiger partial charge in [-0.25, -0.2) is 4.98 Å². The van der Waals surface area contributed by atoms with Crippen LogP contribution in [-0.4, -0.2) is 16.4 Å². The van der Waals surface area contributed by atoms with Crippen LogP contribution in [0.15, 0.2) is 12.3 Å². The second kappa shape index (κ2) is 5.78. The van der Waals surface area contributed by atoms with Crippen LogP contribution >= 0.6 is 34.8 Å². The lowest BCUT2D eigenvalue weighted by molar-refractivity contribution is 0.693. The second-order valence-electron chi connectivity index (χ2n) is 3.55. The van der Waals surface area contributed by atoms with E-state index in [-0.39, 0.29) is 11.4 Å². The predicted octanol–water partition coefficient (Wildman–Crippen LogP) is 4.21. The molecule has 1 rings (SSSR count). The third kappa shape index (κ3) is 4.45. The molecule has 0 radical (unpaired) electrons. The highest BCUT2D eigenvalue weighted by Gasteiger charge is 2.09. The van der Waals surface area contributed by atoms with Crippen LogP contribution in [-0.2, 0) is 0 Å². The maximum atomic E-state index is 5.97. The van der Waals surface area contributed by atoms with E-state index in [0.29, 0.717) is 15.9 Å². The van der Waals surface area contributed by atoms with Gasteiger partial charge in [0, 0.05) is 17.6 Å². The van der Waals surface area contributed by atoms with Crippen LogP contribution in [0.3, 0.4) is 0 Å². The van der Waals surface area contributed by atoms with Crippen molar-refractivity contribution in [2.24, 2.45) is 0 Å². The van der Waals surface area contributed by atoms with Crippen molar-refractivity contribution in [2.75, 3.05) is 5.32 Å². The first kappa shape index (κ1) is 12.9. The van der Waals surface area contributed by atoms with E-state index in [4.69, 9.17) is 34.8 Å². The van der Waals surface area contributed by atoms with E-state index < -0.39 is 0 Å². The zero-order valence-electron chi connectivity index (χ0n) is 8.60. The van der Waals surface area contributed by atoms with Crippen molar-refractivity contribution in [3.05, 3.63) is 22.3 Å². The van der Waals surface area contributed by atoms with Gasteiger partial charge in [-0.3, -0.25) is 0 Å². The summed E-state index contributed by atoms with van der Waals surface area (Å²) in [5, 5.41) is 4.36. The van der Waals surface area contributed by atoms with Gasteiger partial charge in [0.2, 0.25) is 0 Å². The molecule has 0 aliphatic rings. The fourth-order valence-electron chi connectivity index (χ4n) is 1.30. The van der Waals surface area contributed by atoms with Crippen LogP contribution in [0, 0.1) is 0 Å². The smallest absolute Gasteiger partial charge is 0.145 e. The molecule has 0 aliphatic carbocycles. The van der Waals surface area contributed by atoms with Crippen molar-refractivity contribution in [1.82, 2.24) is 4.98 Å². The minimum Gasteiger partial charge on any atom is -0.366 e. The molecule has 0 fully saturated rings. The molecule has 0 aliphatic heterocycles. The molecule has 15 heavy (non-hydrogen) atoms. The number of hydrogen-bond donors (Lipinski definition) is 1. The minimum atomic E-state index is 0.124. The Hall–Kier alpha value is -0.180. The van der Waals surface area contributed by atoms with Gasteiger partial charge in [0.15, 0.2) is 0 Å². The van der Waals surface area contributed by atoms with Crippen LogP contribution in [0.1, 0.15) is 20.3 Å². The summed E-state index contributed by atoms with van der Waals surface area (Å²) in [5.74, 6) is 0.644. The molecule has 84 valence electrons. The number of pyridine rings is 1. The quantitative estimate of drug-likeness (QED) is 0.827. The number of alkyl halides is 1. The lowest BCUT2D eigenvalue weighted by Gasteiger charge is -2.16. The molecular formula is C10H13Cl3N2. The summed E-state index contributed by atoms with van der Waals surface area (Å²) in [4.78, 5) is 4.11. The Bertz CT molecular complexity index is 328. The van der Waals surface area contributed by atoms with Gasteiger partial charge in [-0.2, -0.15) is 0 Å². The van der Waals surface area contributed by atoms with Crippen molar-refractivity contribution >= 4 is 40.6 Å². The number of anilines is 1. The molecule has 0 amide bonds. The fourth-order valence-corrected chi connectivity index (χ4v) is 2.00. The molecule has 2 atom stereocenters. The van der Waals surface area contributed by atoms with Crippen molar-refractivity contribution in [3.63, 3.8) is 0 Å². The summed E-state index contributed by atoms with van der Waals surface area (Å²) in [7, 11) is 0. The summed E-state index contributed by atoms with van der Waals surface area (Å²) in [6, 6.07) is 1.89. The van der Waals surface area contributed by atoms with Gasteiger partial charge in [-0.05, 0) is 26.3 Å². The van der Waals surface area contributed by atoms with E-state index in [1.807, 2.05) is 13.8 Å². The summed E-state index contributed by atoms with van der Waals surface area (Å²) < 4.78 is 0. The Morgan fingerprint density at radius 1 is 1.40 bits per heavy atom. The van der Waals surface area contributed by atoms with Gasteiger partial charge < -0.3 is 5.32 Å². The van der Waals surface area contributed by atoms with Gasteiger partial charge >= 0.3 is 0 Å². The SMILES string of the molecule is CC(Cl)CC(C)Nc1ncc(Cl)cc1Cl. The van der Waals surface area contributed by atoms with Crippen LogP contribution in [0.25, 0.3) is 0 Å². The fraction of sp³-hybridized carbons (Fsp3) is 0.500. The van der Waals surface area contributed by atoms with Crippen LogP contribution in [0.4, 0.5) is 5.82 Å². The molecule has 0 saturated carbocycles. The Morgan fingerprint density at radius 2 is 2.07 bits per heavy atom. The number of rotatable bonds is 4. The van der Waals surface area contributed by atoms with E-state index >= 15 is 0 Å². The normalized spacial score (nSPS) is 14.7. The lowest BCUT2D eigenvalue weighted by atomic mass is 10.2. The molecule has 1 N–H and O–H groups in total. The average Bonchev–Trinajstić information content (AvgIpc) is 2.08. The van der Waals surface area contributed by atoms with E-state index in [1.54, 1.807) is 12.3 Å². The number of halogens is 3. The van der Waals surface area contributed by atoms with Crippen LogP contribution < -0.4 is 5.32 Å². The summed E-state index contributed by atoms with van der Waals surface area (Å²) >= 11 is 17.6. The predicted molar refractivity (Wildman–Crippen MR) is 67.3 cm³/mol. The molecule has 0 aromatic carbocycles. The summed E-state index contributed by atoms with van der Waals surface area (Å²) in [6.07, 6.45) is 2.41. The highest BCUT2D eigenvalue weighted by molar-refractivity contribution is 6.35. The molecule has 2 unspecified atom stereocenters. The third-order valence-corrected chi connectivity index (χ3v) is 2.54. The van der Waals surface area contributed by atoms with Gasteiger partial charge in [-0.15, -0.1) is 11.6 Å². The van der Waals surface area contributed by atoms with E-state index in [0.717, 1.165) is 6.42 Å². The van der Waals surface area contributed by atoms with Crippen LogP contribution in [0.5, 0.6) is 0 Å². The monoisotopic (exact) mass is 266 g/mol. The first-order chi connectivity index (χ1) is 6.99. The molecule has 1 heterocycles. The van der Waals surface area contributed by atoms with Gasteiger partial charge in [0.25, 0.3) is 0 Å². The third-order valence-electron chi connectivity index (χ3n) is 1.87. The number of nitrogens with one attached hydrogen (secondary N) is 1. The highest BCUT2D eigenvalue weighted by Crippen LogP contribution is 2.23. The van der Waals surface area contributed by atoms with Crippen molar-refractivity contribution < 1.29 is 0 Å². The van der Waals surface area contributed by atoms with Crippen LogP contribution in [0.2, 0.25) is 10.0 Å². The summed E-state index contributed by atoms with van der Waals surface area (Å²) in [6.45, 7) is 3.99. The Labute approximate surface area is 105 Å². The van der Waals surface area contributed by atoms with Gasteiger partial charge in [0.05, 0.1) is 10.0 Å². The summed E-state index contributed by atoms with van der Waals surface area (Å²) in [5.41, 5.74) is 0. The maximum Gasteiger partial charge on any atom is 0.145 e. The largest absolute Gasteiger partial charge is 0.366 e. The van der Waals surface area contributed by atoms with E-state index in [9.17, 15) is 0 Å². The van der Waals surface area contributed by atoms with Gasteiger partial charge in [-0.1, -0.05) is 23.2 Å². The molecule has 1 aromatic rings. The molecule has 1 aromatic heterocycles. The molecule has 0 spiro atoms. The standard InChI is InChI=1S/C10H13Cl3N2/c1-6(11)3-7(2)15-10-9(13)4-8(12)5-14-10/h4-7H,3H2,1-2H3,(H,14,15).